The standard InChI is InChI=1S/C19H28ClNO3/c1-13(21-19(2,3)4)17(15-6-5-7-16(20)12-15)24-18(22)14-8-10-23-11-9-14/h5-7,12-14,17,21H,8-11H2,1-4H3/t13?,17-/m1/s1. The molecule has 4 nitrogen and oxygen atoms in total. The minimum absolute atomic E-state index is 0.0349. The fraction of sp³-hybridized carbons (Fsp3) is 0.632. The summed E-state index contributed by atoms with van der Waals surface area (Å²) in [6.45, 7) is 9.57. The molecular weight excluding hydrogens is 326 g/mol. The second kappa shape index (κ2) is 8.32. The van der Waals surface area contributed by atoms with Crippen molar-refractivity contribution in [2.24, 2.45) is 5.92 Å². The van der Waals surface area contributed by atoms with Gasteiger partial charge in [-0.15, -0.1) is 0 Å². The third-order valence-corrected chi connectivity index (χ3v) is 4.32. The summed E-state index contributed by atoms with van der Waals surface area (Å²) in [5.41, 5.74) is 0.827. The number of carbonyl (C=O) groups is 1. The van der Waals surface area contributed by atoms with E-state index in [1.807, 2.05) is 31.2 Å². The number of benzene rings is 1. The molecule has 0 radical (unpaired) electrons. The van der Waals surface area contributed by atoms with E-state index in [0.717, 1.165) is 18.4 Å². The molecule has 1 N–H and O–H groups in total. The second-order valence-electron chi connectivity index (χ2n) is 7.48. The van der Waals surface area contributed by atoms with E-state index in [4.69, 9.17) is 21.1 Å². The van der Waals surface area contributed by atoms with Crippen LogP contribution in [0.3, 0.4) is 0 Å². The molecule has 1 aromatic rings. The van der Waals surface area contributed by atoms with Crippen LogP contribution in [0.15, 0.2) is 24.3 Å². The van der Waals surface area contributed by atoms with E-state index in [1.165, 1.54) is 0 Å². The predicted molar refractivity (Wildman–Crippen MR) is 96.2 cm³/mol. The van der Waals surface area contributed by atoms with Gasteiger partial charge in [-0.2, -0.15) is 0 Å². The van der Waals surface area contributed by atoms with Gasteiger partial charge in [-0.05, 0) is 58.2 Å². The molecule has 0 bridgehead atoms. The first-order chi connectivity index (χ1) is 11.3. The predicted octanol–water partition coefficient (Wildman–Crippen LogP) is 4.13. The zero-order chi connectivity index (χ0) is 17.7. The van der Waals surface area contributed by atoms with Crippen LogP contribution in [0, 0.1) is 5.92 Å². The van der Waals surface area contributed by atoms with Gasteiger partial charge in [-0.1, -0.05) is 23.7 Å². The van der Waals surface area contributed by atoms with E-state index in [1.54, 1.807) is 0 Å². The number of ether oxygens (including phenoxy) is 2. The van der Waals surface area contributed by atoms with Crippen molar-refractivity contribution in [3.05, 3.63) is 34.9 Å². The normalized spacial score (nSPS) is 18.9. The van der Waals surface area contributed by atoms with Gasteiger partial charge in [0.15, 0.2) is 0 Å². The van der Waals surface area contributed by atoms with Crippen molar-refractivity contribution in [2.45, 2.75) is 58.2 Å². The summed E-state index contributed by atoms with van der Waals surface area (Å²) >= 11 is 6.13. The minimum atomic E-state index is -0.377. The van der Waals surface area contributed by atoms with Gasteiger partial charge in [-0.3, -0.25) is 4.79 Å². The number of halogens is 1. The maximum Gasteiger partial charge on any atom is 0.309 e. The van der Waals surface area contributed by atoms with E-state index in [2.05, 4.69) is 26.1 Å². The van der Waals surface area contributed by atoms with Crippen molar-refractivity contribution in [2.75, 3.05) is 13.2 Å². The highest BCUT2D eigenvalue weighted by Gasteiger charge is 2.30. The Bertz CT molecular complexity index is 550. The highest BCUT2D eigenvalue weighted by atomic mass is 35.5. The zero-order valence-corrected chi connectivity index (χ0v) is 15.7. The number of nitrogens with one attached hydrogen (secondary N) is 1. The summed E-state index contributed by atoms with van der Waals surface area (Å²) in [5, 5.41) is 4.14. The highest BCUT2D eigenvalue weighted by molar-refractivity contribution is 6.30. The Hall–Kier alpha value is -1.10. The molecule has 1 saturated heterocycles. The molecule has 1 heterocycles. The lowest BCUT2D eigenvalue weighted by Crippen LogP contribution is -2.46. The van der Waals surface area contributed by atoms with Gasteiger partial charge in [0.25, 0.3) is 0 Å². The number of hydrogen-bond donors (Lipinski definition) is 1. The zero-order valence-electron chi connectivity index (χ0n) is 15.0. The van der Waals surface area contributed by atoms with Crippen LogP contribution in [0.1, 0.15) is 52.2 Å². The summed E-state index contributed by atoms with van der Waals surface area (Å²) in [4.78, 5) is 12.6. The summed E-state index contributed by atoms with van der Waals surface area (Å²) in [6, 6.07) is 7.49. The van der Waals surface area contributed by atoms with E-state index in [9.17, 15) is 4.79 Å². The van der Waals surface area contributed by atoms with Crippen LogP contribution in [0.4, 0.5) is 0 Å². The average Bonchev–Trinajstić information content (AvgIpc) is 2.51. The molecule has 0 aromatic heterocycles. The number of hydrogen-bond acceptors (Lipinski definition) is 4. The van der Waals surface area contributed by atoms with Crippen molar-refractivity contribution in [3.8, 4) is 0 Å². The molecule has 1 aliphatic rings. The lowest BCUT2D eigenvalue weighted by atomic mass is 9.98. The molecule has 1 aromatic carbocycles. The molecule has 2 atom stereocenters. The van der Waals surface area contributed by atoms with Crippen LogP contribution in [-0.4, -0.2) is 30.8 Å². The first-order valence-electron chi connectivity index (χ1n) is 8.57. The van der Waals surface area contributed by atoms with Crippen molar-refractivity contribution >= 4 is 17.6 Å². The largest absolute Gasteiger partial charge is 0.456 e. The maximum absolute atomic E-state index is 12.6. The highest BCUT2D eigenvalue weighted by Crippen LogP contribution is 2.28. The van der Waals surface area contributed by atoms with E-state index < -0.39 is 0 Å². The molecule has 1 fully saturated rings. The Morgan fingerprint density at radius 2 is 2.00 bits per heavy atom. The van der Waals surface area contributed by atoms with Crippen molar-refractivity contribution in [1.29, 1.82) is 0 Å². The van der Waals surface area contributed by atoms with Crippen molar-refractivity contribution < 1.29 is 14.3 Å². The molecule has 134 valence electrons. The summed E-state index contributed by atoms with van der Waals surface area (Å²) in [5.74, 6) is -0.229. The first-order valence-corrected chi connectivity index (χ1v) is 8.95. The fourth-order valence-corrected chi connectivity index (χ4v) is 3.25. The van der Waals surface area contributed by atoms with Crippen molar-refractivity contribution in [3.63, 3.8) is 0 Å². The van der Waals surface area contributed by atoms with E-state index in [-0.39, 0.29) is 29.6 Å². The smallest absolute Gasteiger partial charge is 0.309 e. The molecule has 1 unspecified atom stereocenters. The summed E-state index contributed by atoms with van der Waals surface area (Å²) in [7, 11) is 0. The topological polar surface area (TPSA) is 47.6 Å². The monoisotopic (exact) mass is 353 g/mol. The molecule has 0 aliphatic carbocycles. The third-order valence-electron chi connectivity index (χ3n) is 4.09. The molecule has 2 rings (SSSR count). The molecule has 0 amide bonds. The Balaban J connectivity index is 2.17. The SMILES string of the molecule is CC(NC(C)(C)C)[C@@H](OC(=O)C1CCOCC1)c1cccc(Cl)c1. The minimum Gasteiger partial charge on any atom is -0.456 e. The molecule has 1 aliphatic heterocycles. The quantitative estimate of drug-likeness (QED) is 0.808. The Morgan fingerprint density at radius 3 is 2.58 bits per heavy atom. The molecule has 0 spiro atoms. The van der Waals surface area contributed by atoms with Crippen LogP contribution < -0.4 is 5.32 Å². The Labute approximate surface area is 149 Å². The number of rotatable bonds is 5. The van der Waals surface area contributed by atoms with Gasteiger partial charge in [0, 0.05) is 29.8 Å². The third kappa shape index (κ3) is 5.76. The fourth-order valence-electron chi connectivity index (χ4n) is 3.06. The van der Waals surface area contributed by atoms with E-state index >= 15 is 0 Å². The lowest BCUT2D eigenvalue weighted by molar-refractivity contribution is -0.159. The van der Waals surface area contributed by atoms with Gasteiger partial charge < -0.3 is 14.8 Å². The average molecular weight is 354 g/mol. The maximum atomic E-state index is 12.6. The van der Waals surface area contributed by atoms with Gasteiger partial charge in [-0.25, -0.2) is 0 Å². The molecule has 5 heteroatoms. The Morgan fingerprint density at radius 1 is 1.33 bits per heavy atom. The van der Waals surface area contributed by atoms with Gasteiger partial charge >= 0.3 is 5.97 Å². The molecule has 0 saturated carbocycles. The van der Waals surface area contributed by atoms with Gasteiger partial charge in [0.2, 0.25) is 0 Å². The second-order valence-corrected chi connectivity index (χ2v) is 7.92. The van der Waals surface area contributed by atoms with Crippen LogP contribution >= 0.6 is 11.6 Å². The lowest BCUT2D eigenvalue weighted by Gasteiger charge is -2.33. The van der Waals surface area contributed by atoms with E-state index in [0.29, 0.717) is 18.2 Å². The molecule has 24 heavy (non-hydrogen) atoms. The first kappa shape index (κ1) is 19.2. The Kier molecular flexibility index (Phi) is 6.67. The number of carbonyl (C=O) groups excluding carboxylic acids is 1. The number of esters is 1. The van der Waals surface area contributed by atoms with Crippen LogP contribution in [-0.2, 0) is 14.3 Å². The van der Waals surface area contributed by atoms with Gasteiger partial charge in [0.1, 0.15) is 6.10 Å². The summed E-state index contributed by atoms with van der Waals surface area (Å²) < 4.78 is 11.3. The molecular formula is C19H28ClNO3. The van der Waals surface area contributed by atoms with Crippen LogP contribution in [0.5, 0.6) is 0 Å². The van der Waals surface area contributed by atoms with Gasteiger partial charge in [0.05, 0.1) is 5.92 Å². The van der Waals surface area contributed by atoms with Crippen LogP contribution in [0.25, 0.3) is 0 Å². The summed E-state index contributed by atoms with van der Waals surface area (Å²) in [6.07, 6.45) is 1.07. The van der Waals surface area contributed by atoms with Crippen molar-refractivity contribution in [1.82, 2.24) is 5.32 Å². The van der Waals surface area contributed by atoms with Crippen LogP contribution in [0.2, 0.25) is 5.02 Å².